The molecule has 4 heteroatoms. The maximum atomic E-state index is 13.5. The number of nitrogens with zero attached hydrogens (tertiary/aromatic N) is 2. The predicted octanol–water partition coefficient (Wildman–Crippen LogP) is 3.56. The fraction of sp³-hybridized carbons (Fsp3) is 0.696. The summed E-state index contributed by atoms with van der Waals surface area (Å²) < 4.78 is 5.49. The van der Waals surface area contributed by atoms with Crippen LogP contribution >= 0.6 is 0 Å². The number of carbonyl (C=O) groups excluding carboxylic acids is 1. The molecule has 4 bridgehead atoms. The summed E-state index contributed by atoms with van der Waals surface area (Å²) in [5.41, 5.74) is 1.25. The fourth-order valence-corrected chi connectivity index (χ4v) is 6.89. The summed E-state index contributed by atoms with van der Waals surface area (Å²) in [5.74, 6) is 3.98. The Labute approximate surface area is 162 Å². The lowest BCUT2D eigenvalue weighted by atomic mass is 9.49. The van der Waals surface area contributed by atoms with E-state index in [9.17, 15) is 4.79 Å². The lowest BCUT2D eigenvalue weighted by molar-refractivity contribution is -0.159. The molecule has 6 rings (SSSR count). The van der Waals surface area contributed by atoms with Crippen molar-refractivity contribution in [1.29, 1.82) is 0 Å². The molecule has 0 N–H and O–H groups in total. The van der Waals surface area contributed by atoms with Gasteiger partial charge in [0.15, 0.2) is 0 Å². The Hall–Kier alpha value is -1.55. The second-order valence-electron chi connectivity index (χ2n) is 9.58. The van der Waals surface area contributed by atoms with Gasteiger partial charge in [-0.25, -0.2) is 0 Å². The molecule has 1 aliphatic heterocycles. The third kappa shape index (κ3) is 3.16. The Kier molecular flexibility index (Phi) is 4.42. The van der Waals surface area contributed by atoms with Crippen molar-refractivity contribution in [3.63, 3.8) is 0 Å². The van der Waals surface area contributed by atoms with Gasteiger partial charge in [-0.15, -0.1) is 0 Å². The zero-order valence-corrected chi connectivity index (χ0v) is 16.5. The first-order valence-electron chi connectivity index (χ1n) is 10.8. The van der Waals surface area contributed by atoms with Crippen molar-refractivity contribution in [1.82, 2.24) is 9.80 Å². The number of carbonyl (C=O) groups is 1. The molecule has 5 fully saturated rings. The van der Waals surface area contributed by atoms with Crippen molar-refractivity contribution in [2.75, 3.05) is 33.3 Å². The molecule has 27 heavy (non-hydrogen) atoms. The van der Waals surface area contributed by atoms with E-state index in [0.717, 1.165) is 56.2 Å². The van der Waals surface area contributed by atoms with Gasteiger partial charge in [-0.05, 0) is 62.3 Å². The largest absolute Gasteiger partial charge is 0.496 e. The standard InChI is InChI=1S/C23H32N2O2/c1-27-21-5-3-2-4-20(21)16-24-6-8-25(9-7-24)22(26)23-13-17-10-18(14-23)12-19(11-17)15-23/h2-5,17-19H,6-16H2,1H3. The quantitative estimate of drug-likeness (QED) is 0.815. The third-order valence-corrected chi connectivity index (χ3v) is 7.74. The molecule has 4 nitrogen and oxygen atoms in total. The average Bonchev–Trinajstić information content (AvgIpc) is 2.67. The van der Waals surface area contributed by atoms with E-state index < -0.39 is 0 Å². The van der Waals surface area contributed by atoms with E-state index in [2.05, 4.69) is 21.9 Å². The van der Waals surface area contributed by atoms with Crippen LogP contribution in [0.25, 0.3) is 0 Å². The molecule has 0 atom stereocenters. The molecule has 5 aliphatic rings. The molecule has 0 radical (unpaired) electrons. The van der Waals surface area contributed by atoms with Crippen molar-refractivity contribution in [3.05, 3.63) is 29.8 Å². The normalized spacial score (nSPS) is 35.4. The first-order valence-corrected chi connectivity index (χ1v) is 10.8. The van der Waals surface area contributed by atoms with Crippen LogP contribution < -0.4 is 4.74 Å². The third-order valence-electron chi connectivity index (χ3n) is 7.74. The van der Waals surface area contributed by atoms with E-state index in [0.29, 0.717) is 5.91 Å². The van der Waals surface area contributed by atoms with Gasteiger partial charge in [-0.1, -0.05) is 18.2 Å². The number of methoxy groups -OCH3 is 1. The summed E-state index contributed by atoms with van der Waals surface area (Å²) in [6.45, 7) is 4.61. The Morgan fingerprint density at radius 1 is 1.00 bits per heavy atom. The maximum absolute atomic E-state index is 13.5. The van der Waals surface area contributed by atoms with Gasteiger partial charge in [0.1, 0.15) is 5.75 Å². The van der Waals surface area contributed by atoms with Crippen LogP contribution in [-0.2, 0) is 11.3 Å². The van der Waals surface area contributed by atoms with Crippen LogP contribution in [0.4, 0.5) is 0 Å². The summed E-state index contributed by atoms with van der Waals surface area (Å²) in [5, 5.41) is 0. The number of ether oxygens (including phenoxy) is 1. The Bertz CT molecular complexity index is 673. The van der Waals surface area contributed by atoms with Crippen LogP contribution in [0.3, 0.4) is 0 Å². The molecule has 4 aliphatic carbocycles. The van der Waals surface area contributed by atoms with Crippen LogP contribution in [-0.4, -0.2) is 49.0 Å². The molecule has 0 aromatic heterocycles. The molecule has 1 saturated heterocycles. The van der Waals surface area contributed by atoms with Gasteiger partial charge in [0.05, 0.1) is 12.5 Å². The van der Waals surface area contributed by atoms with Crippen molar-refractivity contribution < 1.29 is 9.53 Å². The molecular formula is C23H32N2O2. The zero-order chi connectivity index (χ0) is 18.4. The Morgan fingerprint density at radius 3 is 2.19 bits per heavy atom. The number of hydrogen-bond donors (Lipinski definition) is 0. The molecule has 1 aromatic carbocycles. The molecule has 1 aromatic rings. The van der Waals surface area contributed by atoms with Crippen molar-refractivity contribution >= 4 is 5.91 Å². The van der Waals surface area contributed by atoms with Gasteiger partial charge < -0.3 is 9.64 Å². The summed E-state index contributed by atoms with van der Waals surface area (Å²) in [4.78, 5) is 18.2. The van der Waals surface area contributed by atoms with Gasteiger partial charge in [-0.2, -0.15) is 0 Å². The molecule has 1 heterocycles. The lowest BCUT2D eigenvalue weighted by Gasteiger charge is -2.57. The first kappa shape index (κ1) is 17.5. The van der Waals surface area contributed by atoms with Crippen LogP contribution in [0.5, 0.6) is 5.75 Å². The van der Waals surface area contributed by atoms with E-state index >= 15 is 0 Å². The van der Waals surface area contributed by atoms with Gasteiger partial charge in [0.2, 0.25) is 5.91 Å². The highest BCUT2D eigenvalue weighted by Crippen LogP contribution is 2.60. The van der Waals surface area contributed by atoms with Gasteiger partial charge in [0.25, 0.3) is 0 Å². The number of amides is 1. The summed E-state index contributed by atoms with van der Waals surface area (Å²) in [6.07, 6.45) is 7.75. The maximum Gasteiger partial charge on any atom is 0.228 e. The molecule has 146 valence electrons. The zero-order valence-electron chi connectivity index (χ0n) is 16.5. The van der Waals surface area contributed by atoms with Crippen LogP contribution in [0.1, 0.15) is 44.1 Å². The van der Waals surface area contributed by atoms with E-state index in [4.69, 9.17) is 4.74 Å². The summed E-state index contributed by atoms with van der Waals surface area (Å²) in [6, 6.07) is 8.27. The van der Waals surface area contributed by atoms with Crippen molar-refractivity contribution in [2.24, 2.45) is 23.2 Å². The average molecular weight is 369 g/mol. The number of rotatable bonds is 4. The Balaban J connectivity index is 1.21. The molecular weight excluding hydrogens is 336 g/mol. The molecule has 1 amide bonds. The van der Waals surface area contributed by atoms with Gasteiger partial charge >= 0.3 is 0 Å². The molecule has 0 spiro atoms. The topological polar surface area (TPSA) is 32.8 Å². The van der Waals surface area contributed by atoms with Gasteiger partial charge in [-0.3, -0.25) is 9.69 Å². The highest BCUT2D eigenvalue weighted by molar-refractivity contribution is 5.83. The van der Waals surface area contributed by atoms with Crippen molar-refractivity contribution in [3.8, 4) is 5.75 Å². The van der Waals surface area contributed by atoms with E-state index in [1.54, 1.807) is 7.11 Å². The minimum atomic E-state index is 0.0135. The highest BCUT2D eigenvalue weighted by Gasteiger charge is 2.55. The smallest absolute Gasteiger partial charge is 0.228 e. The second-order valence-corrected chi connectivity index (χ2v) is 9.58. The van der Waals surface area contributed by atoms with Gasteiger partial charge in [0, 0.05) is 38.3 Å². The van der Waals surface area contributed by atoms with Crippen molar-refractivity contribution in [2.45, 2.75) is 45.1 Å². The Morgan fingerprint density at radius 2 is 1.59 bits per heavy atom. The minimum absolute atomic E-state index is 0.0135. The van der Waals surface area contributed by atoms with Crippen LogP contribution in [0.2, 0.25) is 0 Å². The summed E-state index contributed by atoms with van der Waals surface area (Å²) in [7, 11) is 1.74. The SMILES string of the molecule is COc1ccccc1CN1CCN(C(=O)C23CC4CC(CC(C4)C2)C3)CC1. The predicted molar refractivity (Wildman–Crippen MR) is 105 cm³/mol. The number of hydrogen-bond acceptors (Lipinski definition) is 3. The number of benzene rings is 1. The number of piperazine rings is 1. The van der Waals surface area contributed by atoms with E-state index in [1.807, 2.05) is 12.1 Å². The first-order chi connectivity index (χ1) is 13.1. The number of para-hydroxylation sites is 1. The molecule has 0 unspecified atom stereocenters. The lowest BCUT2D eigenvalue weighted by Crippen LogP contribution is -2.58. The second kappa shape index (κ2) is 6.80. The van der Waals surface area contributed by atoms with Crippen LogP contribution in [0, 0.1) is 23.2 Å². The molecule has 4 saturated carbocycles. The minimum Gasteiger partial charge on any atom is -0.496 e. The van der Waals surface area contributed by atoms with E-state index in [1.165, 1.54) is 44.1 Å². The monoisotopic (exact) mass is 368 g/mol. The van der Waals surface area contributed by atoms with E-state index in [-0.39, 0.29) is 5.41 Å². The van der Waals surface area contributed by atoms with Crippen LogP contribution in [0.15, 0.2) is 24.3 Å². The summed E-state index contributed by atoms with van der Waals surface area (Å²) >= 11 is 0. The fourth-order valence-electron chi connectivity index (χ4n) is 6.89. The highest BCUT2D eigenvalue weighted by atomic mass is 16.5.